The summed E-state index contributed by atoms with van der Waals surface area (Å²) in [7, 11) is -1.60. The van der Waals surface area contributed by atoms with Crippen LogP contribution in [0.2, 0.25) is 0 Å². The van der Waals surface area contributed by atoms with Crippen LogP contribution < -0.4 is 5.32 Å². The van der Waals surface area contributed by atoms with E-state index >= 15 is 0 Å². The number of hydrogen-bond donors (Lipinski definition) is 2. The highest BCUT2D eigenvalue weighted by atomic mass is 32.2. The van der Waals surface area contributed by atoms with E-state index in [1.54, 1.807) is 0 Å². The summed E-state index contributed by atoms with van der Waals surface area (Å²) in [4.78, 5) is 35.2. The Labute approximate surface area is 106 Å². The second-order valence-corrected chi connectivity index (χ2v) is 6.48. The molecule has 2 N–H and O–H groups in total. The van der Waals surface area contributed by atoms with E-state index in [0.29, 0.717) is 0 Å². The topological polar surface area (TPSA) is 104 Å². The van der Waals surface area contributed by atoms with Crippen LogP contribution in [-0.4, -0.2) is 49.3 Å². The molecule has 0 aromatic carbocycles. The van der Waals surface area contributed by atoms with Crippen molar-refractivity contribution in [2.24, 2.45) is 5.41 Å². The lowest BCUT2D eigenvalue weighted by Crippen LogP contribution is -2.71. The first-order valence-electron chi connectivity index (χ1n) is 5.46. The smallest absolute Gasteiger partial charge is 0.314 e. The predicted molar refractivity (Wildman–Crippen MR) is 61.6 cm³/mol. The maximum atomic E-state index is 12.2. The Morgan fingerprint density at radius 2 is 2.17 bits per heavy atom. The minimum atomic E-state index is -1.60. The fraction of sp³-hybridized carbons (Fsp3) is 0.700. The van der Waals surface area contributed by atoms with E-state index in [1.807, 2.05) is 0 Å². The fourth-order valence-electron chi connectivity index (χ4n) is 2.25. The van der Waals surface area contributed by atoms with Crippen molar-refractivity contribution in [3.63, 3.8) is 0 Å². The van der Waals surface area contributed by atoms with Gasteiger partial charge >= 0.3 is 5.97 Å². The molecular formula is C10H14N2O5S. The molecule has 0 bridgehead atoms. The van der Waals surface area contributed by atoms with Crippen molar-refractivity contribution in [1.29, 1.82) is 0 Å². The number of hydrogen-bond acceptors (Lipinski definition) is 4. The number of nitrogens with one attached hydrogen (secondary N) is 1. The van der Waals surface area contributed by atoms with Crippen LogP contribution in [0.25, 0.3) is 0 Å². The molecule has 2 saturated heterocycles. The van der Waals surface area contributed by atoms with Gasteiger partial charge in [-0.3, -0.25) is 18.6 Å². The summed E-state index contributed by atoms with van der Waals surface area (Å²) in [6.07, 6.45) is 0.151. The molecule has 2 rings (SSSR count). The van der Waals surface area contributed by atoms with Crippen molar-refractivity contribution in [2.45, 2.75) is 31.0 Å². The molecule has 0 saturated carbocycles. The molecule has 2 heterocycles. The van der Waals surface area contributed by atoms with Crippen LogP contribution in [0.3, 0.4) is 0 Å². The van der Waals surface area contributed by atoms with E-state index in [1.165, 1.54) is 18.7 Å². The van der Waals surface area contributed by atoms with E-state index < -0.39 is 38.8 Å². The van der Waals surface area contributed by atoms with Gasteiger partial charge in [-0.15, -0.1) is 0 Å². The molecule has 0 aromatic rings. The largest absolute Gasteiger partial charge is 0.481 e. The number of rotatable bonds is 2. The number of carbonyl (C=O) groups excluding carboxylic acids is 2. The van der Waals surface area contributed by atoms with Gasteiger partial charge in [0.1, 0.15) is 16.2 Å². The summed E-state index contributed by atoms with van der Waals surface area (Å²) in [6.45, 7) is 2.62. The van der Waals surface area contributed by atoms with Gasteiger partial charge in [-0.1, -0.05) is 0 Å². The molecule has 0 spiro atoms. The van der Waals surface area contributed by atoms with E-state index in [4.69, 9.17) is 0 Å². The zero-order chi connectivity index (χ0) is 13.7. The van der Waals surface area contributed by atoms with Gasteiger partial charge in [0.2, 0.25) is 11.8 Å². The van der Waals surface area contributed by atoms with E-state index in [-0.39, 0.29) is 18.9 Å². The van der Waals surface area contributed by atoms with Crippen molar-refractivity contribution < 1.29 is 23.7 Å². The van der Waals surface area contributed by atoms with E-state index in [2.05, 4.69) is 5.32 Å². The first kappa shape index (κ1) is 13.0. The number of aliphatic carboxylic acids is 1. The van der Waals surface area contributed by atoms with Crippen LogP contribution in [0.4, 0.5) is 0 Å². The Morgan fingerprint density at radius 3 is 2.61 bits per heavy atom. The van der Waals surface area contributed by atoms with Crippen molar-refractivity contribution in [2.75, 3.05) is 6.54 Å². The van der Waals surface area contributed by atoms with Crippen LogP contribution in [0.5, 0.6) is 0 Å². The third-order valence-corrected chi connectivity index (χ3v) is 5.48. The second kappa shape index (κ2) is 4.04. The first-order valence-corrected chi connectivity index (χ1v) is 6.74. The van der Waals surface area contributed by atoms with Gasteiger partial charge < -0.3 is 15.3 Å². The highest BCUT2D eigenvalue weighted by Gasteiger charge is 2.58. The number of carboxylic acid groups (broad SMARTS) is 1. The third kappa shape index (κ3) is 1.71. The summed E-state index contributed by atoms with van der Waals surface area (Å²) >= 11 is 0. The average Bonchev–Trinajstić information content (AvgIpc) is 2.27. The summed E-state index contributed by atoms with van der Waals surface area (Å²) in [5.41, 5.74) is -1.43. The zero-order valence-corrected chi connectivity index (χ0v) is 10.8. The van der Waals surface area contributed by atoms with Crippen LogP contribution in [0, 0.1) is 5.41 Å². The third-order valence-electron chi connectivity index (χ3n) is 3.42. The molecule has 18 heavy (non-hydrogen) atoms. The number of amides is 2. The molecule has 0 aromatic heterocycles. The Morgan fingerprint density at radius 1 is 1.56 bits per heavy atom. The van der Waals surface area contributed by atoms with Crippen molar-refractivity contribution >= 4 is 28.6 Å². The Hall–Kier alpha value is -1.44. The van der Waals surface area contributed by atoms with Crippen molar-refractivity contribution in [3.05, 3.63) is 0 Å². The van der Waals surface area contributed by atoms with Gasteiger partial charge in [0.25, 0.3) is 0 Å². The molecule has 8 heteroatoms. The van der Waals surface area contributed by atoms with E-state index in [0.717, 1.165) is 0 Å². The number of carbonyl (C=O) groups is 3. The molecule has 2 aliphatic heterocycles. The van der Waals surface area contributed by atoms with Gasteiger partial charge in [0.15, 0.2) is 0 Å². The molecule has 0 radical (unpaired) electrons. The van der Waals surface area contributed by atoms with Gasteiger partial charge in [0, 0.05) is 13.5 Å². The van der Waals surface area contributed by atoms with Crippen LogP contribution in [0.15, 0.2) is 0 Å². The Kier molecular flexibility index (Phi) is 2.92. The monoisotopic (exact) mass is 274 g/mol. The van der Waals surface area contributed by atoms with Gasteiger partial charge in [0.05, 0.1) is 17.2 Å². The maximum absolute atomic E-state index is 12.2. The summed E-state index contributed by atoms with van der Waals surface area (Å²) < 4.78 is 12.2. The summed E-state index contributed by atoms with van der Waals surface area (Å²) in [5, 5.41) is 10.3. The van der Waals surface area contributed by atoms with Crippen molar-refractivity contribution in [3.8, 4) is 0 Å². The number of nitrogens with zero attached hydrogens (tertiary/aromatic N) is 1. The molecule has 3 unspecified atom stereocenters. The molecule has 7 nitrogen and oxygen atoms in total. The Bertz CT molecular complexity index is 465. The summed E-state index contributed by atoms with van der Waals surface area (Å²) in [5.74, 6) is -1.80. The molecule has 100 valence electrons. The molecule has 4 atom stereocenters. The molecule has 2 aliphatic rings. The predicted octanol–water partition coefficient (Wildman–Crippen LogP) is -1.14. The van der Waals surface area contributed by atoms with Crippen LogP contribution >= 0.6 is 0 Å². The van der Waals surface area contributed by atoms with Gasteiger partial charge in [-0.2, -0.15) is 0 Å². The normalized spacial score (nSPS) is 38.7. The van der Waals surface area contributed by atoms with Gasteiger partial charge in [-0.25, -0.2) is 0 Å². The highest BCUT2D eigenvalue weighted by Crippen LogP contribution is 2.39. The SMILES string of the molecule is CC(=O)NC1S(=O)[C@@H]2CC(=O)N2CC1(C)C(=O)O. The lowest BCUT2D eigenvalue weighted by Gasteiger charge is -2.51. The van der Waals surface area contributed by atoms with Crippen molar-refractivity contribution in [1.82, 2.24) is 10.2 Å². The number of fused-ring (bicyclic) bond motifs is 1. The van der Waals surface area contributed by atoms with E-state index in [9.17, 15) is 23.7 Å². The van der Waals surface area contributed by atoms with Gasteiger partial charge in [-0.05, 0) is 6.92 Å². The maximum Gasteiger partial charge on any atom is 0.314 e. The van der Waals surface area contributed by atoms with Crippen LogP contribution in [-0.2, 0) is 25.2 Å². The highest BCUT2D eigenvalue weighted by molar-refractivity contribution is 7.86. The quantitative estimate of drug-likeness (QED) is 0.619. The summed E-state index contributed by atoms with van der Waals surface area (Å²) in [6, 6.07) is 0. The molecule has 2 amide bonds. The zero-order valence-electron chi connectivity index (χ0n) is 10.0. The minimum absolute atomic E-state index is 0.0253. The molecule has 2 fully saturated rings. The molecule has 0 aliphatic carbocycles. The first-order chi connectivity index (χ1) is 8.27. The Balaban J connectivity index is 2.34. The number of carboxylic acids is 1. The standard InChI is InChI=1S/C10H14N2O5S/c1-5(13)11-8-10(2,9(15)16)4-12-6(14)3-7(12)18(8)17/h7-8H,3-4H2,1-2H3,(H,11,13)(H,15,16)/t7-,8?,10?,18?/m1/s1. The second-order valence-electron chi connectivity index (χ2n) is 4.81. The minimum Gasteiger partial charge on any atom is -0.481 e. The lowest BCUT2D eigenvalue weighted by atomic mass is 9.87. The van der Waals surface area contributed by atoms with Crippen LogP contribution in [0.1, 0.15) is 20.3 Å². The average molecular weight is 274 g/mol. The lowest BCUT2D eigenvalue weighted by molar-refractivity contribution is -0.156. The number of β-lactam (4-membered cyclic amide) rings is 1. The fourth-order valence-corrected chi connectivity index (χ4v) is 4.29. The molecular weight excluding hydrogens is 260 g/mol.